The van der Waals surface area contributed by atoms with E-state index in [1.54, 1.807) is 11.3 Å². The van der Waals surface area contributed by atoms with Gasteiger partial charge in [0, 0.05) is 22.4 Å². The van der Waals surface area contributed by atoms with Crippen LogP contribution in [0.15, 0.2) is 10.8 Å². The summed E-state index contributed by atoms with van der Waals surface area (Å²) in [5.41, 5.74) is 3.87. The molecule has 92 valence electrons. The first-order valence-corrected chi connectivity index (χ1v) is 7.56. The maximum Gasteiger partial charge on any atom is 0.125 e. The van der Waals surface area contributed by atoms with Gasteiger partial charge in [0.1, 0.15) is 5.01 Å². The highest BCUT2D eigenvalue weighted by Gasteiger charge is 2.16. The standard InChI is InChI=1S/C13H18N2S2/c1-8(2)12-11(5-14-4)17-13(15-12)10-7-16-6-9(10)3/h6-8,14H,5H2,1-4H3. The molecule has 0 aliphatic heterocycles. The molecular formula is C13H18N2S2. The van der Waals surface area contributed by atoms with Crippen molar-refractivity contribution in [3.8, 4) is 10.6 Å². The number of aromatic nitrogens is 1. The van der Waals surface area contributed by atoms with Gasteiger partial charge in [-0.05, 0) is 30.8 Å². The Labute approximate surface area is 111 Å². The van der Waals surface area contributed by atoms with Gasteiger partial charge in [0.15, 0.2) is 0 Å². The Hall–Kier alpha value is -0.710. The second-order valence-corrected chi connectivity index (χ2v) is 6.31. The number of nitrogens with zero attached hydrogens (tertiary/aromatic N) is 1. The highest BCUT2D eigenvalue weighted by Crippen LogP contribution is 2.34. The van der Waals surface area contributed by atoms with Crippen LogP contribution in [-0.4, -0.2) is 12.0 Å². The van der Waals surface area contributed by atoms with Crippen LogP contribution in [0.2, 0.25) is 0 Å². The van der Waals surface area contributed by atoms with E-state index in [0.29, 0.717) is 5.92 Å². The predicted octanol–water partition coefficient (Wildman–Crippen LogP) is 4.02. The lowest BCUT2D eigenvalue weighted by Gasteiger charge is -2.03. The van der Waals surface area contributed by atoms with Gasteiger partial charge in [0.25, 0.3) is 0 Å². The minimum absolute atomic E-state index is 0.488. The van der Waals surface area contributed by atoms with E-state index < -0.39 is 0 Å². The molecule has 0 aromatic carbocycles. The minimum atomic E-state index is 0.488. The van der Waals surface area contributed by atoms with E-state index in [4.69, 9.17) is 4.98 Å². The lowest BCUT2D eigenvalue weighted by molar-refractivity contribution is 0.771. The van der Waals surface area contributed by atoms with Crippen molar-refractivity contribution in [2.45, 2.75) is 33.2 Å². The van der Waals surface area contributed by atoms with Crippen LogP contribution < -0.4 is 5.32 Å². The molecule has 0 unspecified atom stereocenters. The number of thiazole rings is 1. The molecule has 0 aliphatic rings. The van der Waals surface area contributed by atoms with Crippen LogP contribution in [0.4, 0.5) is 0 Å². The number of nitrogens with one attached hydrogen (secondary N) is 1. The van der Waals surface area contributed by atoms with Crippen molar-refractivity contribution in [3.05, 3.63) is 26.9 Å². The van der Waals surface area contributed by atoms with E-state index in [0.717, 1.165) is 11.6 Å². The van der Waals surface area contributed by atoms with Gasteiger partial charge < -0.3 is 5.32 Å². The third-order valence-corrected chi connectivity index (χ3v) is 4.66. The SMILES string of the molecule is CNCc1sc(-c2cscc2C)nc1C(C)C. The zero-order valence-electron chi connectivity index (χ0n) is 10.7. The van der Waals surface area contributed by atoms with E-state index in [1.165, 1.54) is 21.7 Å². The molecule has 17 heavy (non-hydrogen) atoms. The van der Waals surface area contributed by atoms with E-state index in [-0.39, 0.29) is 0 Å². The molecule has 0 saturated heterocycles. The summed E-state index contributed by atoms with van der Waals surface area (Å²) in [7, 11) is 1.99. The molecule has 0 bridgehead atoms. The largest absolute Gasteiger partial charge is 0.315 e. The molecular weight excluding hydrogens is 248 g/mol. The Bertz CT molecular complexity index is 497. The molecule has 0 saturated carbocycles. The second-order valence-electron chi connectivity index (χ2n) is 4.48. The first kappa shape index (κ1) is 12.7. The van der Waals surface area contributed by atoms with E-state index in [1.807, 2.05) is 18.4 Å². The molecule has 2 rings (SSSR count). The molecule has 0 spiro atoms. The van der Waals surface area contributed by atoms with Crippen LogP contribution in [0.5, 0.6) is 0 Å². The molecule has 1 N–H and O–H groups in total. The fourth-order valence-corrected chi connectivity index (χ4v) is 4.01. The molecule has 0 aliphatic carbocycles. The van der Waals surface area contributed by atoms with Crippen molar-refractivity contribution in [3.63, 3.8) is 0 Å². The van der Waals surface area contributed by atoms with E-state index >= 15 is 0 Å². The van der Waals surface area contributed by atoms with Gasteiger partial charge >= 0.3 is 0 Å². The first-order valence-electron chi connectivity index (χ1n) is 5.80. The summed E-state index contributed by atoms with van der Waals surface area (Å²) in [6.07, 6.45) is 0. The van der Waals surface area contributed by atoms with Crippen LogP contribution >= 0.6 is 22.7 Å². The average Bonchev–Trinajstić information content (AvgIpc) is 2.84. The Kier molecular flexibility index (Phi) is 3.97. The highest BCUT2D eigenvalue weighted by atomic mass is 32.1. The van der Waals surface area contributed by atoms with Gasteiger partial charge in [-0.25, -0.2) is 4.98 Å². The average molecular weight is 266 g/mol. The maximum absolute atomic E-state index is 4.82. The van der Waals surface area contributed by atoms with Crippen LogP contribution in [0.1, 0.15) is 35.9 Å². The number of hydrogen-bond acceptors (Lipinski definition) is 4. The fourth-order valence-electron chi connectivity index (χ4n) is 1.80. The Morgan fingerprint density at radius 2 is 2.12 bits per heavy atom. The topological polar surface area (TPSA) is 24.9 Å². The van der Waals surface area contributed by atoms with Crippen molar-refractivity contribution >= 4 is 22.7 Å². The van der Waals surface area contributed by atoms with Crippen molar-refractivity contribution in [2.24, 2.45) is 0 Å². The first-order chi connectivity index (χ1) is 8.13. The van der Waals surface area contributed by atoms with E-state index in [9.17, 15) is 0 Å². The number of rotatable bonds is 4. The molecule has 2 aromatic heterocycles. The summed E-state index contributed by atoms with van der Waals surface area (Å²) in [5, 5.41) is 8.77. The third kappa shape index (κ3) is 2.59. The van der Waals surface area contributed by atoms with Crippen LogP contribution in [0.3, 0.4) is 0 Å². The van der Waals surface area contributed by atoms with Crippen molar-refractivity contribution in [1.29, 1.82) is 0 Å². The fraction of sp³-hybridized carbons (Fsp3) is 0.462. The van der Waals surface area contributed by atoms with E-state index in [2.05, 4.69) is 36.8 Å². The number of thiophene rings is 1. The summed E-state index contributed by atoms with van der Waals surface area (Å²) in [6.45, 7) is 7.48. The molecule has 0 amide bonds. The third-order valence-electron chi connectivity index (χ3n) is 2.70. The van der Waals surface area contributed by atoms with Gasteiger partial charge in [-0.1, -0.05) is 13.8 Å². The zero-order valence-corrected chi connectivity index (χ0v) is 12.3. The molecule has 2 heterocycles. The van der Waals surface area contributed by atoms with Gasteiger partial charge in [-0.3, -0.25) is 0 Å². The molecule has 0 radical (unpaired) electrons. The molecule has 2 aromatic rings. The Morgan fingerprint density at radius 3 is 2.65 bits per heavy atom. The molecule has 2 nitrogen and oxygen atoms in total. The Morgan fingerprint density at radius 1 is 1.35 bits per heavy atom. The molecule has 0 atom stereocenters. The van der Waals surface area contributed by atoms with Crippen LogP contribution in [0.25, 0.3) is 10.6 Å². The minimum Gasteiger partial charge on any atom is -0.315 e. The van der Waals surface area contributed by atoms with Crippen LogP contribution in [0, 0.1) is 6.92 Å². The Balaban J connectivity index is 2.43. The molecule has 0 fully saturated rings. The summed E-state index contributed by atoms with van der Waals surface area (Å²) in [5.74, 6) is 0.488. The highest BCUT2D eigenvalue weighted by molar-refractivity contribution is 7.15. The lowest BCUT2D eigenvalue weighted by Crippen LogP contribution is -2.06. The van der Waals surface area contributed by atoms with Gasteiger partial charge in [0.2, 0.25) is 0 Å². The molecule has 4 heteroatoms. The van der Waals surface area contributed by atoms with Crippen molar-refractivity contribution in [1.82, 2.24) is 10.3 Å². The second kappa shape index (κ2) is 5.29. The van der Waals surface area contributed by atoms with Crippen molar-refractivity contribution in [2.75, 3.05) is 7.05 Å². The summed E-state index contributed by atoms with van der Waals surface area (Å²) in [6, 6.07) is 0. The van der Waals surface area contributed by atoms with Crippen LogP contribution in [-0.2, 0) is 6.54 Å². The van der Waals surface area contributed by atoms with Gasteiger partial charge in [0.05, 0.1) is 5.69 Å². The summed E-state index contributed by atoms with van der Waals surface area (Å²) >= 11 is 3.57. The normalized spacial score (nSPS) is 11.4. The quantitative estimate of drug-likeness (QED) is 0.904. The smallest absolute Gasteiger partial charge is 0.125 e. The van der Waals surface area contributed by atoms with Gasteiger partial charge in [-0.15, -0.1) is 11.3 Å². The van der Waals surface area contributed by atoms with Gasteiger partial charge in [-0.2, -0.15) is 11.3 Å². The number of hydrogen-bond donors (Lipinski definition) is 1. The van der Waals surface area contributed by atoms with Crippen molar-refractivity contribution < 1.29 is 0 Å². The summed E-state index contributed by atoms with van der Waals surface area (Å²) in [4.78, 5) is 6.18. The summed E-state index contributed by atoms with van der Waals surface area (Å²) < 4.78 is 0. The monoisotopic (exact) mass is 266 g/mol. The lowest BCUT2D eigenvalue weighted by atomic mass is 10.1. The maximum atomic E-state index is 4.82. The zero-order chi connectivity index (χ0) is 12.4. The number of aryl methyl sites for hydroxylation is 1. The predicted molar refractivity (Wildman–Crippen MR) is 77.0 cm³/mol.